The number of nitrogens with one attached hydrogen (secondary N) is 3. The number of ether oxygens (including phenoxy) is 3. The molecule has 3 amide bonds. The van der Waals surface area contributed by atoms with Crippen molar-refractivity contribution >= 4 is 50.3 Å². The van der Waals surface area contributed by atoms with Gasteiger partial charge in [-0.3, -0.25) is 9.59 Å². The summed E-state index contributed by atoms with van der Waals surface area (Å²) in [5, 5.41) is 8.48. The van der Waals surface area contributed by atoms with Gasteiger partial charge in [0.05, 0.1) is 54.5 Å². The predicted molar refractivity (Wildman–Crippen MR) is 182 cm³/mol. The largest absolute Gasteiger partial charge is 0.444 e. The molecule has 0 saturated carbocycles. The monoisotopic (exact) mass is 679 g/mol. The molecule has 0 fully saturated rings. The van der Waals surface area contributed by atoms with Crippen molar-refractivity contribution in [1.29, 1.82) is 0 Å². The highest BCUT2D eigenvalue weighted by Gasteiger charge is 2.24. The Labute approximate surface area is 280 Å². The van der Waals surface area contributed by atoms with Crippen molar-refractivity contribution in [3.05, 3.63) is 83.7 Å². The summed E-state index contributed by atoms with van der Waals surface area (Å²) in [6.45, 7) is 10.1. The van der Waals surface area contributed by atoms with Crippen molar-refractivity contribution in [2.75, 3.05) is 43.6 Å². The summed E-state index contributed by atoms with van der Waals surface area (Å²) in [5.41, 5.74) is 1.81. The van der Waals surface area contributed by atoms with Crippen LogP contribution in [0.15, 0.2) is 71.9 Å². The molecule has 0 unspecified atom stereocenters. The molecule has 2 aromatic carbocycles. The van der Waals surface area contributed by atoms with E-state index in [4.69, 9.17) is 14.2 Å². The number of anilines is 2. The average molecular weight is 680 g/mol. The molecule has 13 nitrogen and oxygen atoms in total. The Balaban J connectivity index is 1.42. The van der Waals surface area contributed by atoms with Gasteiger partial charge in [0.2, 0.25) is 5.91 Å². The molecule has 4 rings (SSSR count). The third kappa shape index (κ3) is 9.86. The van der Waals surface area contributed by atoms with Crippen molar-refractivity contribution in [3.8, 4) is 0 Å². The number of fused-ring (bicyclic) bond motifs is 1. The maximum absolute atomic E-state index is 13.5. The number of aromatic nitrogens is 2. The van der Waals surface area contributed by atoms with Gasteiger partial charge in [0.25, 0.3) is 15.9 Å². The van der Waals surface area contributed by atoms with Gasteiger partial charge in [0.15, 0.2) is 0 Å². The lowest BCUT2D eigenvalue weighted by Crippen LogP contribution is -2.34. The molecule has 0 saturated heterocycles. The second-order valence-corrected chi connectivity index (χ2v) is 13.8. The Morgan fingerprint density at radius 2 is 1.52 bits per heavy atom. The van der Waals surface area contributed by atoms with E-state index in [2.05, 4.69) is 20.9 Å². The molecule has 0 aliphatic heterocycles. The molecular formula is C34H41N5O8S. The lowest BCUT2D eigenvalue weighted by Gasteiger charge is -2.19. The van der Waals surface area contributed by atoms with Crippen LogP contribution < -0.4 is 16.0 Å². The van der Waals surface area contributed by atoms with Crippen LogP contribution in [0.3, 0.4) is 0 Å². The molecule has 14 heteroatoms. The predicted octanol–water partition coefficient (Wildman–Crippen LogP) is 5.03. The zero-order valence-corrected chi connectivity index (χ0v) is 28.5. The van der Waals surface area contributed by atoms with Gasteiger partial charge in [-0.1, -0.05) is 23.8 Å². The van der Waals surface area contributed by atoms with Crippen LogP contribution in [-0.4, -0.2) is 73.9 Å². The quantitative estimate of drug-likeness (QED) is 0.155. The minimum absolute atomic E-state index is 0.0421. The highest BCUT2D eigenvalue weighted by Crippen LogP contribution is 2.32. The van der Waals surface area contributed by atoms with Crippen LogP contribution >= 0.6 is 0 Å². The average Bonchev–Trinajstić information content (AvgIpc) is 3.46. The zero-order chi connectivity index (χ0) is 34.9. The fourth-order valence-corrected chi connectivity index (χ4v) is 5.85. The summed E-state index contributed by atoms with van der Waals surface area (Å²) < 4.78 is 44.3. The molecule has 0 aliphatic carbocycles. The normalized spacial score (nSPS) is 11.7. The van der Waals surface area contributed by atoms with E-state index in [9.17, 15) is 22.8 Å². The molecule has 0 aliphatic rings. The van der Waals surface area contributed by atoms with Crippen LogP contribution in [0.25, 0.3) is 10.9 Å². The van der Waals surface area contributed by atoms with Gasteiger partial charge in [-0.05, 0) is 76.6 Å². The second-order valence-electron chi connectivity index (χ2n) is 12.0. The first-order valence-corrected chi connectivity index (χ1v) is 16.8. The first-order valence-electron chi connectivity index (χ1n) is 15.4. The minimum Gasteiger partial charge on any atom is -0.444 e. The first-order chi connectivity index (χ1) is 22.7. The van der Waals surface area contributed by atoms with Crippen molar-refractivity contribution in [2.24, 2.45) is 0 Å². The minimum atomic E-state index is -3.98. The Hall–Kier alpha value is -4.79. The van der Waals surface area contributed by atoms with Gasteiger partial charge >= 0.3 is 6.09 Å². The Kier molecular flexibility index (Phi) is 11.9. The Morgan fingerprint density at radius 3 is 2.19 bits per heavy atom. The van der Waals surface area contributed by atoms with E-state index < -0.39 is 33.5 Å². The number of hydrogen-bond donors (Lipinski definition) is 3. The van der Waals surface area contributed by atoms with Crippen LogP contribution in [0.2, 0.25) is 0 Å². The zero-order valence-electron chi connectivity index (χ0n) is 27.7. The SMILES string of the molecule is Cc1ccc(S(=O)(=O)n2ccc3c(NC(=O)CCOCCOCCNC(=O)OC(C)(C)C)c(C(=O)Nc4ccc(C)cn4)ccc32)cc1. The van der Waals surface area contributed by atoms with Crippen molar-refractivity contribution in [2.45, 2.75) is 51.5 Å². The third-order valence-electron chi connectivity index (χ3n) is 6.84. The molecule has 3 N–H and O–H groups in total. The molecule has 0 atom stereocenters. The van der Waals surface area contributed by atoms with Gasteiger partial charge in [0.1, 0.15) is 11.4 Å². The number of aryl methyl sites for hydroxylation is 2. The summed E-state index contributed by atoms with van der Waals surface area (Å²) in [6, 6.07) is 14.5. The molecule has 2 heterocycles. The van der Waals surface area contributed by atoms with Gasteiger partial charge in [-0.2, -0.15) is 0 Å². The van der Waals surface area contributed by atoms with E-state index in [0.29, 0.717) is 11.2 Å². The number of carbonyl (C=O) groups is 3. The number of alkyl carbamates (subject to hydrolysis) is 1. The standard InChI is InChI=1S/C34H41N5O8S/c1-23-6-9-25(10-7-23)48(43,44)39-17-14-26-28(39)12-11-27(32(41)37-29-13-8-24(2)22-36-29)31(26)38-30(40)15-18-45-20-21-46-19-16-35-33(42)47-34(3,4)5/h6-14,17,22H,15-16,18-21H2,1-5H3,(H,35,42)(H,38,40)(H,36,37,41). The van der Waals surface area contributed by atoms with Crippen molar-refractivity contribution in [1.82, 2.24) is 14.3 Å². The number of pyridine rings is 1. The highest BCUT2D eigenvalue weighted by atomic mass is 32.2. The van der Waals surface area contributed by atoms with E-state index in [0.717, 1.165) is 15.1 Å². The number of amides is 3. The summed E-state index contributed by atoms with van der Waals surface area (Å²) in [7, 11) is -3.98. The van der Waals surface area contributed by atoms with E-state index in [1.807, 2.05) is 13.8 Å². The lowest BCUT2D eigenvalue weighted by molar-refractivity contribution is -0.117. The van der Waals surface area contributed by atoms with E-state index in [1.54, 1.807) is 57.3 Å². The number of benzene rings is 2. The van der Waals surface area contributed by atoms with E-state index in [-0.39, 0.29) is 61.1 Å². The van der Waals surface area contributed by atoms with Gasteiger partial charge in [-0.25, -0.2) is 22.2 Å². The molecule has 0 bridgehead atoms. The Morgan fingerprint density at radius 1 is 0.833 bits per heavy atom. The van der Waals surface area contributed by atoms with E-state index >= 15 is 0 Å². The van der Waals surface area contributed by atoms with Crippen LogP contribution in [-0.2, 0) is 29.0 Å². The second kappa shape index (κ2) is 15.9. The van der Waals surface area contributed by atoms with Crippen LogP contribution in [0.4, 0.5) is 16.3 Å². The summed E-state index contributed by atoms with van der Waals surface area (Å²) in [5.74, 6) is -0.660. The molecule has 48 heavy (non-hydrogen) atoms. The molecule has 0 radical (unpaired) electrons. The fourth-order valence-electron chi connectivity index (χ4n) is 4.50. The highest BCUT2D eigenvalue weighted by molar-refractivity contribution is 7.90. The van der Waals surface area contributed by atoms with Crippen LogP contribution in [0.1, 0.15) is 48.7 Å². The number of rotatable bonds is 14. The van der Waals surface area contributed by atoms with Crippen LogP contribution in [0, 0.1) is 13.8 Å². The van der Waals surface area contributed by atoms with Gasteiger partial charge < -0.3 is 30.2 Å². The van der Waals surface area contributed by atoms with Crippen LogP contribution in [0.5, 0.6) is 0 Å². The van der Waals surface area contributed by atoms with Crippen molar-refractivity contribution < 1.29 is 37.0 Å². The molecule has 256 valence electrons. The summed E-state index contributed by atoms with van der Waals surface area (Å²) >= 11 is 0. The lowest BCUT2D eigenvalue weighted by atomic mass is 10.1. The maximum Gasteiger partial charge on any atom is 0.407 e. The molecular weight excluding hydrogens is 638 g/mol. The number of nitrogens with zero attached hydrogens (tertiary/aromatic N) is 2. The first kappa shape index (κ1) is 36.1. The fraction of sp³-hybridized carbons (Fsp3) is 0.353. The van der Waals surface area contributed by atoms with E-state index in [1.165, 1.54) is 30.5 Å². The van der Waals surface area contributed by atoms with Gasteiger partial charge in [0, 0.05) is 24.3 Å². The third-order valence-corrected chi connectivity index (χ3v) is 8.54. The summed E-state index contributed by atoms with van der Waals surface area (Å²) in [6.07, 6.45) is 2.44. The number of carbonyl (C=O) groups excluding carboxylic acids is 3. The summed E-state index contributed by atoms with van der Waals surface area (Å²) in [4.78, 5) is 42.5. The Bertz CT molecular complexity index is 1850. The smallest absolute Gasteiger partial charge is 0.407 e. The molecule has 4 aromatic rings. The number of hydrogen-bond acceptors (Lipinski definition) is 9. The van der Waals surface area contributed by atoms with Gasteiger partial charge in [-0.15, -0.1) is 0 Å². The maximum atomic E-state index is 13.5. The topological polar surface area (TPSA) is 167 Å². The molecule has 0 spiro atoms. The van der Waals surface area contributed by atoms with Crippen molar-refractivity contribution in [3.63, 3.8) is 0 Å². The molecule has 2 aromatic heterocycles.